The molecule has 1 aliphatic rings. The fourth-order valence-electron chi connectivity index (χ4n) is 2.61. The third kappa shape index (κ3) is 2.33. The number of phenolic OH excluding ortho intramolecular Hbond substituents is 4. The van der Waals surface area contributed by atoms with Crippen molar-refractivity contribution in [1.29, 1.82) is 0 Å². The number of hydrogen-bond acceptors (Lipinski definition) is 8. The second kappa shape index (κ2) is 5.20. The van der Waals surface area contributed by atoms with Gasteiger partial charge in [0, 0.05) is 17.7 Å². The third-order valence-electron chi connectivity index (χ3n) is 3.75. The Balaban J connectivity index is 2.13. The van der Waals surface area contributed by atoms with Crippen molar-refractivity contribution >= 4 is 5.78 Å². The molecule has 0 spiro atoms. The molecule has 8 nitrogen and oxygen atoms in total. The number of Topliss-reactive ketones (excluding diaryl/α,β-unsaturated/α-hetero) is 1. The molecule has 0 fully saturated rings. The van der Waals surface area contributed by atoms with Gasteiger partial charge in [-0.05, 0) is 12.1 Å². The number of ether oxygens (including phenoxy) is 2. The van der Waals surface area contributed by atoms with E-state index in [9.17, 15) is 30.3 Å². The third-order valence-corrected chi connectivity index (χ3v) is 3.75. The summed E-state index contributed by atoms with van der Waals surface area (Å²) >= 11 is 0. The predicted octanol–water partition coefficient (Wildman–Crippen LogP) is 1.33. The SMILES string of the molecule is COc1cc(C2(O)CC(=O)c3c(O)cc(O)cc3O2)cc(O)c1O. The van der Waals surface area contributed by atoms with E-state index in [4.69, 9.17) is 9.47 Å². The summed E-state index contributed by atoms with van der Waals surface area (Å²) in [5, 5.41) is 49.4. The number of methoxy groups -OCH3 is 1. The number of ketones is 1. The smallest absolute Gasteiger partial charge is 0.242 e. The van der Waals surface area contributed by atoms with E-state index in [2.05, 4.69) is 0 Å². The van der Waals surface area contributed by atoms with Crippen LogP contribution in [0.2, 0.25) is 0 Å². The van der Waals surface area contributed by atoms with Crippen LogP contribution in [0.1, 0.15) is 22.3 Å². The Bertz CT molecular complexity index is 844. The monoisotopic (exact) mass is 334 g/mol. The summed E-state index contributed by atoms with van der Waals surface area (Å²) in [6.07, 6.45) is -0.550. The molecule has 5 N–H and O–H groups in total. The van der Waals surface area contributed by atoms with E-state index in [0.717, 1.165) is 18.2 Å². The standard InChI is InChI=1S/C16H14O8/c1-23-13-3-7(2-10(19)15(13)21)16(22)6-11(20)14-9(18)4-8(17)5-12(14)24-16/h2-5,17-19,21-22H,6H2,1H3. The molecule has 0 aromatic heterocycles. The first-order valence-electron chi connectivity index (χ1n) is 6.86. The molecule has 1 heterocycles. The summed E-state index contributed by atoms with van der Waals surface area (Å²) in [4.78, 5) is 12.3. The molecule has 0 amide bonds. The van der Waals surface area contributed by atoms with Gasteiger partial charge in [0.15, 0.2) is 17.3 Å². The van der Waals surface area contributed by atoms with E-state index in [1.165, 1.54) is 13.2 Å². The second-order valence-corrected chi connectivity index (χ2v) is 5.37. The van der Waals surface area contributed by atoms with Gasteiger partial charge in [-0.2, -0.15) is 0 Å². The van der Waals surface area contributed by atoms with Crippen LogP contribution < -0.4 is 9.47 Å². The van der Waals surface area contributed by atoms with E-state index >= 15 is 0 Å². The molecule has 3 rings (SSSR count). The highest BCUT2D eigenvalue weighted by Crippen LogP contribution is 2.46. The van der Waals surface area contributed by atoms with Crippen LogP contribution in [0, 0.1) is 0 Å². The maximum atomic E-state index is 12.3. The normalized spacial score (nSPS) is 19.5. The Hall–Kier alpha value is -3.13. The van der Waals surface area contributed by atoms with E-state index in [1.807, 2.05) is 0 Å². The molecule has 1 unspecified atom stereocenters. The highest BCUT2D eigenvalue weighted by molar-refractivity contribution is 6.03. The lowest BCUT2D eigenvalue weighted by Gasteiger charge is -2.34. The van der Waals surface area contributed by atoms with Crippen LogP contribution in [0.3, 0.4) is 0 Å². The molecule has 126 valence electrons. The number of phenols is 4. The molecular formula is C16H14O8. The van der Waals surface area contributed by atoms with Gasteiger partial charge in [0.2, 0.25) is 11.5 Å². The molecule has 24 heavy (non-hydrogen) atoms. The van der Waals surface area contributed by atoms with Crippen LogP contribution in [0.15, 0.2) is 24.3 Å². The minimum Gasteiger partial charge on any atom is -0.508 e. The number of carbonyl (C=O) groups is 1. The van der Waals surface area contributed by atoms with Crippen LogP contribution in [-0.2, 0) is 5.79 Å². The van der Waals surface area contributed by atoms with Crippen molar-refractivity contribution in [2.24, 2.45) is 0 Å². The summed E-state index contributed by atoms with van der Waals surface area (Å²) < 4.78 is 10.3. The Kier molecular flexibility index (Phi) is 3.42. The number of aromatic hydroxyl groups is 4. The summed E-state index contributed by atoms with van der Waals surface area (Å²) in [5.74, 6) is -5.05. The van der Waals surface area contributed by atoms with Gasteiger partial charge in [-0.1, -0.05) is 0 Å². The van der Waals surface area contributed by atoms with Gasteiger partial charge in [-0.3, -0.25) is 4.79 Å². The topological polar surface area (TPSA) is 137 Å². The van der Waals surface area contributed by atoms with Gasteiger partial charge in [0.25, 0.3) is 0 Å². The minimum atomic E-state index is -2.18. The summed E-state index contributed by atoms with van der Waals surface area (Å²) in [6.45, 7) is 0. The van der Waals surface area contributed by atoms with Gasteiger partial charge in [0.1, 0.15) is 22.8 Å². The quantitative estimate of drug-likeness (QED) is 0.519. The lowest BCUT2D eigenvalue weighted by atomic mass is 9.92. The summed E-state index contributed by atoms with van der Waals surface area (Å²) in [7, 11) is 1.25. The van der Waals surface area contributed by atoms with Crippen molar-refractivity contribution in [3.63, 3.8) is 0 Å². The fraction of sp³-hybridized carbons (Fsp3) is 0.188. The predicted molar refractivity (Wildman–Crippen MR) is 79.6 cm³/mol. The number of benzene rings is 2. The van der Waals surface area contributed by atoms with E-state index in [0.29, 0.717) is 0 Å². The van der Waals surface area contributed by atoms with Gasteiger partial charge >= 0.3 is 0 Å². The highest BCUT2D eigenvalue weighted by atomic mass is 16.6. The number of carbonyl (C=O) groups excluding carboxylic acids is 1. The van der Waals surface area contributed by atoms with Crippen LogP contribution in [0.25, 0.3) is 0 Å². The average Bonchev–Trinajstić information content (AvgIpc) is 2.48. The Morgan fingerprint density at radius 1 is 1.08 bits per heavy atom. The average molecular weight is 334 g/mol. The van der Waals surface area contributed by atoms with Crippen LogP contribution >= 0.6 is 0 Å². The molecular weight excluding hydrogens is 320 g/mol. The van der Waals surface area contributed by atoms with E-state index in [-0.39, 0.29) is 28.4 Å². The molecule has 1 aliphatic heterocycles. The minimum absolute atomic E-state index is 0.0449. The summed E-state index contributed by atoms with van der Waals surface area (Å²) in [6, 6.07) is 4.29. The molecule has 1 atom stereocenters. The molecule has 2 aromatic rings. The van der Waals surface area contributed by atoms with Crippen LogP contribution in [0.4, 0.5) is 0 Å². The number of rotatable bonds is 2. The van der Waals surface area contributed by atoms with Gasteiger partial charge in [0.05, 0.1) is 13.5 Å². The molecule has 8 heteroatoms. The van der Waals surface area contributed by atoms with Crippen molar-refractivity contribution < 1.29 is 39.8 Å². The maximum Gasteiger partial charge on any atom is 0.242 e. The number of hydrogen-bond donors (Lipinski definition) is 5. The fourth-order valence-corrected chi connectivity index (χ4v) is 2.61. The molecule has 2 aromatic carbocycles. The first-order chi connectivity index (χ1) is 11.2. The lowest BCUT2D eigenvalue weighted by Crippen LogP contribution is -2.39. The highest BCUT2D eigenvalue weighted by Gasteiger charge is 2.43. The van der Waals surface area contributed by atoms with Gasteiger partial charge in [-0.25, -0.2) is 0 Å². The summed E-state index contributed by atoms with van der Waals surface area (Å²) in [5.41, 5.74) is -0.205. The zero-order chi connectivity index (χ0) is 17.6. The molecule has 0 radical (unpaired) electrons. The van der Waals surface area contributed by atoms with Crippen LogP contribution in [-0.4, -0.2) is 38.4 Å². The number of aliphatic hydroxyl groups is 1. The van der Waals surface area contributed by atoms with Crippen molar-refractivity contribution in [2.45, 2.75) is 12.2 Å². The Labute approximate surface area is 135 Å². The molecule has 0 bridgehead atoms. The number of fused-ring (bicyclic) bond motifs is 1. The Morgan fingerprint density at radius 3 is 2.46 bits per heavy atom. The first-order valence-corrected chi connectivity index (χ1v) is 6.86. The largest absolute Gasteiger partial charge is 0.508 e. The van der Waals surface area contributed by atoms with E-state index < -0.39 is 35.2 Å². The van der Waals surface area contributed by atoms with Crippen molar-refractivity contribution in [1.82, 2.24) is 0 Å². The van der Waals surface area contributed by atoms with Crippen molar-refractivity contribution in [3.8, 4) is 34.5 Å². The first kappa shape index (κ1) is 15.8. The zero-order valence-electron chi connectivity index (χ0n) is 12.5. The molecule has 0 saturated carbocycles. The van der Waals surface area contributed by atoms with Crippen molar-refractivity contribution in [2.75, 3.05) is 7.11 Å². The van der Waals surface area contributed by atoms with E-state index in [1.54, 1.807) is 0 Å². The second-order valence-electron chi connectivity index (χ2n) is 5.37. The molecule has 0 aliphatic carbocycles. The lowest BCUT2D eigenvalue weighted by molar-refractivity contribution is -0.147. The van der Waals surface area contributed by atoms with Gasteiger partial charge < -0.3 is 35.0 Å². The zero-order valence-corrected chi connectivity index (χ0v) is 12.5. The van der Waals surface area contributed by atoms with Gasteiger partial charge in [-0.15, -0.1) is 0 Å². The van der Waals surface area contributed by atoms with Crippen molar-refractivity contribution in [3.05, 3.63) is 35.4 Å². The molecule has 0 saturated heterocycles. The Morgan fingerprint density at radius 2 is 1.79 bits per heavy atom. The maximum absolute atomic E-state index is 12.3. The van der Waals surface area contributed by atoms with Crippen LogP contribution in [0.5, 0.6) is 34.5 Å².